The van der Waals surface area contributed by atoms with Gasteiger partial charge in [0.1, 0.15) is 22.3 Å². The summed E-state index contributed by atoms with van der Waals surface area (Å²) in [5.41, 5.74) is 25.3. The van der Waals surface area contributed by atoms with Crippen LogP contribution in [-0.4, -0.2) is 9.97 Å². The molecule has 0 saturated carbocycles. The Balaban J connectivity index is 1.00. The summed E-state index contributed by atoms with van der Waals surface area (Å²) < 4.78 is 13.2. The zero-order valence-corrected chi connectivity index (χ0v) is 42.0. The molecule has 4 heteroatoms. The third kappa shape index (κ3) is 7.87. The SMILES string of the molecule is Cc1cc(C)cc(-c2c(-c3ccc(-c4ccccn4)cc3-c3cccc(-c4cccc5c4oc4ccccc45)c3)cccc2-c2ccc(-c3ccccn3)cc2-c2cccc(-c3cccc4c3oc3ccccc34)c2)c1. The highest BCUT2D eigenvalue weighted by Crippen LogP contribution is 2.49. The number of aromatic nitrogens is 2. The minimum absolute atomic E-state index is 0.882. The molecule has 4 heterocycles. The van der Waals surface area contributed by atoms with Crippen LogP contribution in [0.3, 0.4) is 0 Å². The average molecular weight is 973 g/mol. The van der Waals surface area contributed by atoms with Gasteiger partial charge in [-0.25, -0.2) is 0 Å². The van der Waals surface area contributed by atoms with Crippen molar-refractivity contribution in [3.63, 3.8) is 0 Å². The van der Waals surface area contributed by atoms with Crippen LogP contribution < -0.4 is 0 Å². The van der Waals surface area contributed by atoms with E-state index in [1.807, 2.05) is 48.8 Å². The Kier molecular flexibility index (Phi) is 10.9. The predicted octanol–water partition coefficient (Wildman–Crippen LogP) is 19.9. The van der Waals surface area contributed by atoms with E-state index in [0.29, 0.717) is 0 Å². The van der Waals surface area contributed by atoms with Gasteiger partial charge in [0.05, 0.1) is 11.4 Å². The average Bonchev–Trinajstić information content (AvgIpc) is 4.11. The maximum atomic E-state index is 6.61. The number of benzene rings is 10. The number of para-hydroxylation sites is 4. The van der Waals surface area contributed by atoms with E-state index in [2.05, 4.69) is 220 Å². The molecule has 0 unspecified atom stereocenters. The van der Waals surface area contributed by atoms with Crippen molar-refractivity contribution in [2.45, 2.75) is 13.8 Å². The molecule has 0 aliphatic rings. The molecule has 0 aliphatic carbocycles. The van der Waals surface area contributed by atoms with Crippen molar-refractivity contribution in [2.75, 3.05) is 0 Å². The molecule has 0 spiro atoms. The van der Waals surface area contributed by atoms with Crippen LogP contribution >= 0.6 is 0 Å². The number of rotatable bonds is 9. The lowest BCUT2D eigenvalue weighted by Crippen LogP contribution is -1.96. The van der Waals surface area contributed by atoms with Crippen LogP contribution in [0, 0.1) is 13.8 Å². The summed E-state index contributed by atoms with van der Waals surface area (Å²) in [4.78, 5) is 9.68. The third-order valence-electron chi connectivity index (χ3n) is 14.9. The lowest BCUT2D eigenvalue weighted by molar-refractivity contribution is 0.669. The van der Waals surface area contributed by atoms with Crippen molar-refractivity contribution in [3.8, 4) is 100 Å². The van der Waals surface area contributed by atoms with E-state index in [1.165, 1.54) is 11.1 Å². The second-order valence-corrected chi connectivity index (χ2v) is 19.8. The second kappa shape index (κ2) is 18.5. The maximum absolute atomic E-state index is 6.61. The van der Waals surface area contributed by atoms with E-state index in [-0.39, 0.29) is 0 Å². The van der Waals surface area contributed by atoms with Crippen molar-refractivity contribution >= 4 is 43.9 Å². The van der Waals surface area contributed by atoms with E-state index in [9.17, 15) is 0 Å². The van der Waals surface area contributed by atoms with Gasteiger partial charge in [-0.1, -0.05) is 193 Å². The van der Waals surface area contributed by atoms with Crippen LogP contribution in [0.4, 0.5) is 0 Å². The van der Waals surface area contributed by atoms with Gasteiger partial charge in [-0.2, -0.15) is 0 Å². The molecule has 4 aromatic heterocycles. The number of hydrogen-bond acceptors (Lipinski definition) is 4. The van der Waals surface area contributed by atoms with Crippen LogP contribution in [0.5, 0.6) is 0 Å². The van der Waals surface area contributed by atoms with Crippen molar-refractivity contribution in [2.24, 2.45) is 0 Å². The fourth-order valence-electron chi connectivity index (χ4n) is 11.5. The number of nitrogens with zero attached hydrogens (tertiary/aromatic N) is 2. The van der Waals surface area contributed by atoms with Crippen molar-refractivity contribution in [1.82, 2.24) is 9.97 Å². The Bertz CT molecular complexity index is 4260. The molecule has 0 amide bonds. The van der Waals surface area contributed by atoms with Gasteiger partial charge in [-0.3, -0.25) is 9.97 Å². The zero-order chi connectivity index (χ0) is 50.7. The molecule has 0 atom stereocenters. The summed E-state index contributed by atoms with van der Waals surface area (Å²) in [6.07, 6.45) is 3.73. The van der Waals surface area contributed by atoms with E-state index in [4.69, 9.17) is 18.8 Å². The van der Waals surface area contributed by atoms with Crippen LogP contribution in [0.1, 0.15) is 11.1 Å². The molecule has 0 N–H and O–H groups in total. The van der Waals surface area contributed by atoms with Gasteiger partial charge < -0.3 is 8.83 Å². The standard InChI is InChI=1S/C72H48N2O2/c1-45-38-46(2)40-53(39-45)70-60(56-34-32-51(66-28-7-9-36-73-66)43-64(56)49-18-11-16-47(41-49)54-22-13-26-62-58-20-3-5-30-68(58)75-71(54)62)24-15-25-61(70)57-35-33-52(67-29-8-10-37-74-67)44-65(57)50-19-12-17-48(42-50)55-23-14-27-63-59-21-4-6-31-69(59)76-72(55)63/h3-44H,1-2H3. The molecule has 76 heavy (non-hydrogen) atoms. The van der Waals surface area contributed by atoms with E-state index < -0.39 is 0 Å². The Morgan fingerprint density at radius 1 is 0.263 bits per heavy atom. The Hall–Kier alpha value is -9.90. The Morgan fingerprint density at radius 2 is 0.671 bits per heavy atom. The highest BCUT2D eigenvalue weighted by molar-refractivity contribution is 6.11. The Morgan fingerprint density at radius 3 is 1.14 bits per heavy atom. The fraction of sp³-hybridized carbons (Fsp3) is 0.0278. The number of hydrogen-bond donors (Lipinski definition) is 0. The summed E-state index contributed by atoms with van der Waals surface area (Å²) in [6.45, 7) is 4.39. The molecule has 14 aromatic rings. The second-order valence-electron chi connectivity index (χ2n) is 19.8. The van der Waals surface area contributed by atoms with Crippen molar-refractivity contribution < 1.29 is 8.83 Å². The number of furan rings is 2. The predicted molar refractivity (Wildman–Crippen MR) is 315 cm³/mol. The molecule has 14 rings (SSSR count). The lowest BCUT2D eigenvalue weighted by atomic mass is 9.81. The van der Waals surface area contributed by atoms with Crippen LogP contribution in [-0.2, 0) is 0 Å². The summed E-state index contributed by atoms with van der Waals surface area (Å²) in [5, 5.41) is 4.44. The summed E-state index contributed by atoms with van der Waals surface area (Å²) in [5.74, 6) is 0. The first kappa shape index (κ1) is 44.8. The van der Waals surface area contributed by atoms with Crippen molar-refractivity contribution in [1.29, 1.82) is 0 Å². The molecule has 10 aromatic carbocycles. The number of aryl methyl sites for hydroxylation is 2. The lowest BCUT2D eigenvalue weighted by Gasteiger charge is -2.22. The first-order valence-corrected chi connectivity index (χ1v) is 25.8. The van der Waals surface area contributed by atoms with E-state index >= 15 is 0 Å². The van der Waals surface area contributed by atoms with Gasteiger partial charge in [-0.15, -0.1) is 0 Å². The summed E-state index contributed by atoms with van der Waals surface area (Å²) in [6, 6.07) is 86.9. The molecule has 4 nitrogen and oxygen atoms in total. The molecule has 0 aliphatic heterocycles. The van der Waals surface area contributed by atoms with Gasteiger partial charge in [-0.05, 0) is 141 Å². The van der Waals surface area contributed by atoms with Gasteiger partial charge in [0, 0.05) is 56.2 Å². The fourth-order valence-corrected chi connectivity index (χ4v) is 11.5. The summed E-state index contributed by atoms with van der Waals surface area (Å²) in [7, 11) is 0. The van der Waals surface area contributed by atoms with Gasteiger partial charge in [0.25, 0.3) is 0 Å². The monoisotopic (exact) mass is 972 g/mol. The molecule has 358 valence electrons. The zero-order valence-electron chi connectivity index (χ0n) is 42.0. The highest BCUT2D eigenvalue weighted by Gasteiger charge is 2.23. The van der Waals surface area contributed by atoms with Gasteiger partial charge in [0.15, 0.2) is 0 Å². The Labute approximate surface area is 440 Å². The molecular weight excluding hydrogens is 925 g/mol. The van der Waals surface area contributed by atoms with Gasteiger partial charge >= 0.3 is 0 Å². The molecule has 0 saturated heterocycles. The number of fused-ring (bicyclic) bond motifs is 6. The normalized spacial score (nSPS) is 11.6. The van der Waals surface area contributed by atoms with Crippen molar-refractivity contribution in [3.05, 3.63) is 266 Å². The first-order valence-electron chi connectivity index (χ1n) is 25.8. The molecule has 0 fully saturated rings. The third-order valence-corrected chi connectivity index (χ3v) is 14.9. The van der Waals surface area contributed by atoms with Crippen LogP contribution in [0.15, 0.2) is 264 Å². The quantitative estimate of drug-likeness (QED) is 0.145. The molecule has 0 bridgehead atoms. The van der Waals surface area contributed by atoms with Gasteiger partial charge in [0.2, 0.25) is 0 Å². The van der Waals surface area contributed by atoms with E-state index in [0.717, 1.165) is 144 Å². The maximum Gasteiger partial charge on any atom is 0.143 e. The van der Waals surface area contributed by atoms with Crippen LogP contribution in [0.2, 0.25) is 0 Å². The highest BCUT2D eigenvalue weighted by atomic mass is 16.3. The molecule has 0 radical (unpaired) electrons. The first-order chi connectivity index (χ1) is 37.5. The smallest absolute Gasteiger partial charge is 0.143 e. The molecular formula is C72H48N2O2. The minimum Gasteiger partial charge on any atom is -0.455 e. The minimum atomic E-state index is 0.882. The summed E-state index contributed by atoms with van der Waals surface area (Å²) >= 11 is 0. The van der Waals surface area contributed by atoms with Crippen LogP contribution in [0.25, 0.3) is 144 Å². The topological polar surface area (TPSA) is 52.1 Å². The largest absolute Gasteiger partial charge is 0.455 e. The van der Waals surface area contributed by atoms with E-state index in [1.54, 1.807) is 0 Å². The number of pyridine rings is 2.